The fourth-order valence-corrected chi connectivity index (χ4v) is 1.69. The highest BCUT2D eigenvalue weighted by molar-refractivity contribution is 5.20. The molecule has 0 bridgehead atoms. The SMILES string of the molecule is CCC(C)(CC)NCC(O)Cn1cc([N+](=O)[O-])cn1. The van der Waals surface area contributed by atoms with Crippen molar-refractivity contribution in [1.82, 2.24) is 15.1 Å². The average molecular weight is 270 g/mol. The van der Waals surface area contributed by atoms with Crippen LogP contribution in [0.3, 0.4) is 0 Å². The number of rotatable bonds is 8. The largest absolute Gasteiger partial charge is 0.390 e. The van der Waals surface area contributed by atoms with Crippen LogP contribution in [0.15, 0.2) is 12.4 Å². The van der Waals surface area contributed by atoms with Crippen molar-refractivity contribution in [1.29, 1.82) is 0 Å². The number of nitrogens with one attached hydrogen (secondary N) is 1. The van der Waals surface area contributed by atoms with E-state index in [0.29, 0.717) is 6.54 Å². The van der Waals surface area contributed by atoms with Gasteiger partial charge in [0.05, 0.1) is 17.6 Å². The molecule has 1 rings (SSSR count). The fraction of sp³-hybridized carbons (Fsp3) is 0.750. The second-order valence-corrected chi connectivity index (χ2v) is 4.98. The first kappa shape index (κ1) is 15.6. The van der Waals surface area contributed by atoms with E-state index in [1.807, 2.05) is 0 Å². The van der Waals surface area contributed by atoms with Gasteiger partial charge in [0.25, 0.3) is 0 Å². The molecular formula is C12H22N4O3. The second-order valence-electron chi connectivity index (χ2n) is 4.98. The van der Waals surface area contributed by atoms with Gasteiger partial charge in [0.2, 0.25) is 0 Å². The number of aromatic nitrogens is 2. The van der Waals surface area contributed by atoms with Gasteiger partial charge in [-0.2, -0.15) is 5.10 Å². The predicted molar refractivity (Wildman–Crippen MR) is 71.9 cm³/mol. The van der Waals surface area contributed by atoms with Gasteiger partial charge in [-0.1, -0.05) is 13.8 Å². The molecule has 0 saturated carbocycles. The lowest BCUT2D eigenvalue weighted by Crippen LogP contribution is -2.45. The molecule has 0 spiro atoms. The van der Waals surface area contributed by atoms with Crippen molar-refractivity contribution in [2.75, 3.05) is 6.54 Å². The van der Waals surface area contributed by atoms with Gasteiger partial charge in [-0.25, -0.2) is 0 Å². The Labute approximate surface area is 112 Å². The molecule has 1 heterocycles. The van der Waals surface area contributed by atoms with Crippen molar-refractivity contribution in [2.24, 2.45) is 0 Å². The Morgan fingerprint density at radius 2 is 2.21 bits per heavy atom. The molecule has 1 aromatic heterocycles. The molecule has 1 unspecified atom stereocenters. The van der Waals surface area contributed by atoms with Gasteiger partial charge < -0.3 is 10.4 Å². The summed E-state index contributed by atoms with van der Waals surface area (Å²) in [5.41, 5.74) is -0.0519. The first-order valence-electron chi connectivity index (χ1n) is 6.50. The third kappa shape index (κ3) is 4.60. The monoisotopic (exact) mass is 270 g/mol. The van der Waals surface area contributed by atoms with Crippen molar-refractivity contribution >= 4 is 5.69 Å². The van der Waals surface area contributed by atoms with Crippen LogP contribution in [0.4, 0.5) is 5.69 Å². The second kappa shape index (κ2) is 6.63. The standard InChI is InChI=1S/C12H22N4O3/c1-4-12(3,5-2)13-7-11(17)9-15-8-10(6-14-15)16(18)19/h6,8,11,13,17H,4-5,7,9H2,1-3H3. The number of nitro groups is 1. The maximum atomic E-state index is 10.5. The van der Waals surface area contributed by atoms with Crippen molar-refractivity contribution in [3.63, 3.8) is 0 Å². The average Bonchev–Trinajstić information content (AvgIpc) is 2.84. The fourth-order valence-electron chi connectivity index (χ4n) is 1.69. The van der Waals surface area contributed by atoms with E-state index in [-0.39, 0.29) is 17.8 Å². The van der Waals surface area contributed by atoms with E-state index < -0.39 is 11.0 Å². The summed E-state index contributed by atoms with van der Waals surface area (Å²) in [6, 6.07) is 0. The molecule has 1 aromatic rings. The Hall–Kier alpha value is -1.47. The predicted octanol–water partition coefficient (Wildman–Crippen LogP) is 1.32. The molecule has 0 aliphatic heterocycles. The third-order valence-corrected chi connectivity index (χ3v) is 3.55. The van der Waals surface area contributed by atoms with Gasteiger partial charge >= 0.3 is 5.69 Å². The highest BCUT2D eigenvalue weighted by Crippen LogP contribution is 2.13. The maximum Gasteiger partial charge on any atom is 0.306 e. The Morgan fingerprint density at radius 1 is 1.58 bits per heavy atom. The summed E-state index contributed by atoms with van der Waals surface area (Å²) in [6.45, 7) is 6.98. The molecule has 0 amide bonds. The first-order valence-corrected chi connectivity index (χ1v) is 6.50. The van der Waals surface area contributed by atoms with Gasteiger partial charge in [-0.05, 0) is 19.8 Å². The Balaban J connectivity index is 2.46. The molecule has 0 aromatic carbocycles. The van der Waals surface area contributed by atoms with Crippen molar-refractivity contribution in [3.8, 4) is 0 Å². The molecule has 19 heavy (non-hydrogen) atoms. The summed E-state index contributed by atoms with van der Waals surface area (Å²) in [5, 5.41) is 27.6. The molecule has 0 radical (unpaired) electrons. The number of aliphatic hydroxyl groups excluding tert-OH is 1. The van der Waals surface area contributed by atoms with Crippen LogP contribution in [0.1, 0.15) is 33.6 Å². The molecule has 0 aliphatic rings. The number of β-amino-alcohol motifs (C(OH)–C–C–N with tert-alkyl or cyclic N) is 1. The van der Waals surface area contributed by atoms with Crippen LogP contribution in [-0.4, -0.2) is 38.0 Å². The van der Waals surface area contributed by atoms with E-state index in [2.05, 4.69) is 31.2 Å². The summed E-state index contributed by atoms with van der Waals surface area (Å²) >= 11 is 0. The molecular weight excluding hydrogens is 248 g/mol. The van der Waals surface area contributed by atoms with Crippen LogP contribution in [-0.2, 0) is 6.54 Å². The quantitative estimate of drug-likeness (QED) is 0.549. The Bertz CT molecular complexity index is 415. The minimum atomic E-state index is -0.628. The van der Waals surface area contributed by atoms with E-state index in [1.54, 1.807) is 0 Å². The first-order chi connectivity index (χ1) is 8.90. The van der Waals surface area contributed by atoms with Crippen LogP contribution >= 0.6 is 0 Å². The Morgan fingerprint density at radius 3 is 2.68 bits per heavy atom. The van der Waals surface area contributed by atoms with Gasteiger partial charge in [0.1, 0.15) is 12.4 Å². The van der Waals surface area contributed by atoms with E-state index >= 15 is 0 Å². The van der Waals surface area contributed by atoms with E-state index in [4.69, 9.17) is 0 Å². The minimum absolute atomic E-state index is 0.0110. The zero-order valence-corrected chi connectivity index (χ0v) is 11.7. The molecule has 1 atom stereocenters. The number of hydrogen-bond acceptors (Lipinski definition) is 5. The number of hydrogen-bond donors (Lipinski definition) is 2. The summed E-state index contributed by atoms with van der Waals surface area (Å²) in [5.74, 6) is 0. The summed E-state index contributed by atoms with van der Waals surface area (Å²) < 4.78 is 1.39. The van der Waals surface area contributed by atoms with E-state index in [1.165, 1.54) is 17.1 Å². The smallest absolute Gasteiger partial charge is 0.306 e. The van der Waals surface area contributed by atoms with Crippen LogP contribution in [0.25, 0.3) is 0 Å². The van der Waals surface area contributed by atoms with Crippen LogP contribution in [0.2, 0.25) is 0 Å². The zero-order valence-electron chi connectivity index (χ0n) is 11.7. The van der Waals surface area contributed by atoms with Crippen LogP contribution < -0.4 is 5.32 Å². The van der Waals surface area contributed by atoms with Crippen LogP contribution in [0.5, 0.6) is 0 Å². The molecule has 0 fully saturated rings. The molecule has 108 valence electrons. The maximum absolute atomic E-state index is 10.5. The van der Waals surface area contributed by atoms with Crippen molar-refractivity contribution < 1.29 is 10.0 Å². The van der Waals surface area contributed by atoms with Gasteiger partial charge in [0.15, 0.2) is 0 Å². The Kier molecular flexibility index (Phi) is 5.44. The third-order valence-electron chi connectivity index (χ3n) is 3.55. The van der Waals surface area contributed by atoms with Crippen molar-refractivity contribution in [2.45, 2.75) is 51.8 Å². The van der Waals surface area contributed by atoms with Crippen molar-refractivity contribution in [3.05, 3.63) is 22.5 Å². The van der Waals surface area contributed by atoms with Crippen LogP contribution in [0, 0.1) is 10.1 Å². The zero-order chi connectivity index (χ0) is 14.5. The summed E-state index contributed by atoms with van der Waals surface area (Å²) in [6.07, 6.45) is 3.83. The topological polar surface area (TPSA) is 93.2 Å². The lowest BCUT2D eigenvalue weighted by atomic mass is 9.95. The highest BCUT2D eigenvalue weighted by atomic mass is 16.6. The van der Waals surface area contributed by atoms with Gasteiger partial charge in [-0.15, -0.1) is 0 Å². The molecule has 7 heteroatoms. The molecule has 2 N–H and O–H groups in total. The van der Waals surface area contributed by atoms with E-state index in [0.717, 1.165) is 12.8 Å². The lowest BCUT2D eigenvalue weighted by molar-refractivity contribution is -0.385. The molecule has 7 nitrogen and oxygen atoms in total. The highest BCUT2D eigenvalue weighted by Gasteiger charge is 2.20. The number of nitrogens with zero attached hydrogens (tertiary/aromatic N) is 3. The van der Waals surface area contributed by atoms with Gasteiger partial charge in [0, 0.05) is 12.1 Å². The number of aliphatic hydroxyl groups is 1. The lowest BCUT2D eigenvalue weighted by Gasteiger charge is -2.29. The summed E-state index contributed by atoms with van der Waals surface area (Å²) in [4.78, 5) is 10.0. The van der Waals surface area contributed by atoms with Gasteiger partial charge in [-0.3, -0.25) is 14.8 Å². The molecule has 0 saturated heterocycles. The van der Waals surface area contributed by atoms with E-state index in [9.17, 15) is 15.2 Å². The minimum Gasteiger partial charge on any atom is -0.390 e. The normalized spacial score (nSPS) is 13.5. The molecule has 0 aliphatic carbocycles. The summed E-state index contributed by atoms with van der Waals surface area (Å²) in [7, 11) is 0.